The van der Waals surface area contributed by atoms with Gasteiger partial charge in [-0.3, -0.25) is 4.79 Å². The van der Waals surface area contributed by atoms with Crippen molar-refractivity contribution in [3.05, 3.63) is 40.9 Å². The molecule has 9 heteroatoms. The molecular formula is C21H27F2N3O3S. The summed E-state index contributed by atoms with van der Waals surface area (Å²) in [7, 11) is 0. The van der Waals surface area contributed by atoms with Crippen LogP contribution in [0.1, 0.15) is 39.0 Å². The Kier molecular flexibility index (Phi) is 8.43. The monoisotopic (exact) mass is 439 g/mol. The lowest BCUT2D eigenvalue weighted by atomic mass is 10.0. The Morgan fingerprint density at radius 2 is 1.80 bits per heavy atom. The van der Waals surface area contributed by atoms with Crippen LogP contribution in [0, 0.1) is 23.5 Å². The van der Waals surface area contributed by atoms with Gasteiger partial charge < -0.3 is 15.7 Å². The first kappa shape index (κ1) is 23.9. The number of aromatic nitrogens is 1. The minimum Gasteiger partial charge on any atom is -0.480 e. The molecule has 1 aromatic heterocycles. The number of thiazole rings is 1. The zero-order chi connectivity index (χ0) is 22.4. The topological polar surface area (TPSA) is 91.3 Å². The first-order valence-corrected chi connectivity index (χ1v) is 10.6. The van der Waals surface area contributed by atoms with Gasteiger partial charge in [-0.2, -0.15) is 0 Å². The fourth-order valence-corrected chi connectivity index (χ4v) is 3.86. The third kappa shape index (κ3) is 6.30. The lowest BCUT2D eigenvalue weighted by molar-refractivity contribution is -0.143. The Bertz CT molecular complexity index is 866. The molecule has 6 nitrogen and oxygen atoms in total. The number of carboxylic acid groups (broad SMARTS) is 1. The van der Waals surface area contributed by atoms with Gasteiger partial charge in [-0.15, -0.1) is 11.3 Å². The number of carboxylic acids is 1. The summed E-state index contributed by atoms with van der Waals surface area (Å²) in [4.78, 5) is 28.9. The van der Waals surface area contributed by atoms with Crippen molar-refractivity contribution in [1.82, 2.24) is 15.6 Å². The number of carbonyl (C=O) groups is 2. The van der Waals surface area contributed by atoms with Gasteiger partial charge in [-0.05, 0) is 30.4 Å². The second-order valence-corrected chi connectivity index (χ2v) is 8.98. The summed E-state index contributed by atoms with van der Waals surface area (Å²) in [6.07, 6.45) is 2.02. The van der Waals surface area contributed by atoms with Crippen molar-refractivity contribution < 1.29 is 23.5 Å². The van der Waals surface area contributed by atoms with Crippen molar-refractivity contribution in [2.24, 2.45) is 11.8 Å². The Hall–Kier alpha value is -2.39. The van der Waals surface area contributed by atoms with E-state index in [4.69, 9.17) is 0 Å². The Balaban J connectivity index is 2.10. The van der Waals surface area contributed by atoms with Gasteiger partial charge in [-0.25, -0.2) is 18.6 Å². The van der Waals surface area contributed by atoms with E-state index in [0.717, 1.165) is 11.3 Å². The maximum absolute atomic E-state index is 14.0. The van der Waals surface area contributed by atoms with E-state index in [9.17, 15) is 23.5 Å². The van der Waals surface area contributed by atoms with E-state index in [2.05, 4.69) is 15.6 Å². The molecule has 164 valence electrons. The van der Waals surface area contributed by atoms with Crippen LogP contribution in [0.4, 0.5) is 8.78 Å². The summed E-state index contributed by atoms with van der Waals surface area (Å²) in [5.74, 6) is -2.91. The Morgan fingerprint density at radius 3 is 2.33 bits per heavy atom. The number of nitrogens with zero attached hydrogens (tertiary/aromatic N) is 1. The van der Waals surface area contributed by atoms with E-state index in [1.807, 2.05) is 13.8 Å². The molecule has 0 radical (unpaired) electrons. The van der Waals surface area contributed by atoms with Crippen LogP contribution in [-0.4, -0.2) is 34.1 Å². The first-order chi connectivity index (χ1) is 14.1. The largest absolute Gasteiger partial charge is 0.480 e. The number of hydrogen-bond donors (Lipinski definition) is 3. The summed E-state index contributed by atoms with van der Waals surface area (Å²) < 4.78 is 27.9. The van der Waals surface area contributed by atoms with Gasteiger partial charge in [0.15, 0.2) is 0 Å². The molecule has 0 saturated heterocycles. The van der Waals surface area contributed by atoms with Crippen LogP contribution >= 0.6 is 11.3 Å². The highest BCUT2D eigenvalue weighted by atomic mass is 32.1. The van der Waals surface area contributed by atoms with Crippen LogP contribution in [0.2, 0.25) is 0 Å². The molecule has 0 saturated carbocycles. The molecule has 1 amide bonds. The Labute approximate surface area is 178 Å². The lowest BCUT2D eigenvalue weighted by Crippen LogP contribution is -2.52. The average Bonchev–Trinajstić information content (AvgIpc) is 3.10. The minimum absolute atomic E-state index is 0.175. The minimum atomic E-state index is -1.08. The highest BCUT2D eigenvalue weighted by Gasteiger charge is 2.28. The van der Waals surface area contributed by atoms with Gasteiger partial charge in [0.05, 0.1) is 11.6 Å². The number of benzene rings is 1. The van der Waals surface area contributed by atoms with Gasteiger partial charge in [-0.1, -0.05) is 33.8 Å². The van der Waals surface area contributed by atoms with E-state index in [1.165, 1.54) is 24.4 Å². The SMILES string of the molecule is CC(C)C[C@H](NCc1cnc(-c2c(F)cccc2F)s1)C(=O)N[C@@H](C(=O)O)C(C)C. The van der Waals surface area contributed by atoms with Crippen molar-refractivity contribution in [1.29, 1.82) is 0 Å². The molecular weight excluding hydrogens is 412 g/mol. The quantitative estimate of drug-likeness (QED) is 0.524. The summed E-state index contributed by atoms with van der Waals surface area (Å²) in [5.41, 5.74) is -0.175. The van der Waals surface area contributed by atoms with Crippen molar-refractivity contribution in [2.45, 2.75) is 52.7 Å². The standard InChI is InChI=1S/C21H27F2N3O3S/c1-11(2)8-16(19(27)26-18(12(3)4)21(28)29)24-9-13-10-25-20(30-13)17-14(22)6-5-7-15(17)23/h5-7,10-12,16,18,24H,8-9H2,1-4H3,(H,26,27)(H,28,29)/t16-,18+/m0/s1. The van der Waals surface area contributed by atoms with Crippen molar-refractivity contribution in [2.75, 3.05) is 0 Å². The third-order valence-corrected chi connectivity index (χ3v) is 5.52. The number of carbonyl (C=O) groups excluding carboxylic acids is 1. The molecule has 0 aliphatic heterocycles. The summed E-state index contributed by atoms with van der Waals surface area (Å²) in [5, 5.41) is 15.3. The maximum atomic E-state index is 14.0. The summed E-state index contributed by atoms with van der Waals surface area (Å²) >= 11 is 1.13. The van der Waals surface area contributed by atoms with E-state index >= 15 is 0 Å². The number of aliphatic carboxylic acids is 1. The zero-order valence-electron chi connectivity index (χ0n) is 17.4. The molecule has 2 atom stereocenters. The molecule has 1 aromatic carbocycles. The number of nitrogens with one attached hydrogen (secondary N) is 2. The number of amides is 1. The molecule has 2 rings (SSSR count). The van der Waals surface area contributed by atoms with Crippen molar-refractivity contribution in [3.8, 4) is 10.6 Å². The van der Waals surface area contributed by atoms with Crippen LogP contribution < -0.4 is 10.6 Å². The van der Waals surface area contributed by atoms with Gasteiger partial charge in [0.1, 0.15) is 22.7 Å². The van der Waals surface area contributed by atoms with Crippen molar-refractivity contribution >= 4 is 23.2 Å². The normalized spacial score (nSPS) is 13.5. The first-order valence-electron chi connectivity index (χ1n) is 9.75. The predicted octanol–water partition coefficient (Wildman–Crippen LogP) is 3.82. The molecule has 30 heavy (non-hydrogen) atoms. The van der Waals surface area contributed by atoms with E-state index in [1.54, 1.807) is 13.8 Å². The predicted molar refractivity (Wildman–Crippen MR) is 112 cm³/mol. The fraction of sp³-hybridized carbons (Fsp3) is 0.476. The fourth-order valence-electron chi connectivity index (χ4n) is 2.95. The van der Waals surface area contributed by atoms with Crippen molar-refractivity contribution in [3.63, 3.8) is 0 Å². The zero-order valence-corrected chi connectivity index (χ0v) is 18.2. The molecule has 0 fully saturated rings. The summed E-state index contributed by atoms with van der Waals surface area (Å²) in [6.45, 7) is 7.64. The average molecular weight is 440 g/mol. The molecule has 0 bridgehead atoms. The van der Waals surface area contributed by atoms with Crippen LogP contribution in [0.15, 0.2) is 24.4 Å². The van der Waals surface area contributed by atoms with Gasteiger partial charge in [0, 0.05) is 17.6 Å². The van der Waals surface area contributed by atoms with Crippen LogP contribution in [0.25, 0.3) is 10.6 Å². The highest BCUT2D eigenvalue weighted by molar-refractivity contribution is 7.15. The van der Waals surface area contributed by atoms with Gasteiger partial charge in [0.2, 0.25) is 5.91 Å². The molecule has 1 heterocycles. The van der Waals surface area contributed by atoms with Crippen LogP contribution in [0.5, 0.6) is 0 Å². The molecule has 0 aliphatic rings. The van der Waals surface area contributed by atoms with Crippen LogP contribution in [0.3, 0.4) is 0 Å². The van der Waals surface area contributed by atoms with Crippen LogP contribution in [-0.2, 0) is 16.1 Å². The second kappa shape index (κ2) is 10.6. The molecule has 0 unspecified atom stereocenters. The van der Waals surface area contributed by atoms with E-state index < -0.39 is 35.6 Å². The lowest BCUT2D eigenvalue weighted by Gasteiger charge is -2.24. The smallest absolute Gasteiger partial charge is 0.326 e. The molecule has 0 aliphatic carbocycles. The number of halogens is 2. The van der Waals surface area contributed by atoms with E-state index in [0.29, 0.717) is 11.3 Å². The molecule has 0 spiro atoms. The molecule has 3 N–H and O–H groups in total. The van der Waals surface area contributed by atoms with Gasteiger partial charge >= 0.3 is 5.97 Å². The van der Waals surface area contributed by atoms with Gasteiger partial charge in [0.25, 0.3) is 0 Å². The second-order valence-electron chi connectivity index (χ2n) is 7.86. The number of hydrogen-bond acceptors (Lipinski definition) is 5. The summed E-state index contributed by atoms with van der Waals surface area (Å²) in [6, 6.07) is 2.05. The molecule has 2 aromatic rings. The number of rotatable bonds is 10. The van der Waals surface area contributed by atoms with E-state index in [-0.39, 0.29) is 29.0 Å². The Morgan fingerprint density at radius 1 is 1.17 bits per heavy atom. The third-order valence-electron chi connectivity index (χ3n) is 4.51. The maximum Gasteiger partial charge on any atom is 0.326 e. The highest BCUT2D eigenvalue weighted by Crippen LogP contribution is 2.29.